The maximum atomic E-state index is 12.0. The van der Waals surface area contributed by atoms with Gasteiger partial charge in [-0.2, -0.15) is 4.31 Å². The molecule has 1 aromatic rings. The number of imidazole rings is 1. The van der Waals surface area contributed by atoms with Crippen molar-refractivity contribution in [2.45, 2.75) is 37.5 Å². The van der Waals surface area contributed by atoms with Gasteiger partial charge in [0.05, 0.1) is 24.4 Å². The number of sulfonamides is 1. The van der Waals surface area contributed by atoms with Crippen LogP contribution >= 0.6 is 0 Å². The monoisotopic (exact) mass is 314 g/mol. The number of nitrogens with zero attached hydrogens (tertiary/aromatic N) is 3. The largest absolute Gasteiger partial charge is 0.390 e. The fourth-order valence-corrected chi connectivity index (χ4v) is 5.14. The Morgan fingerprint density at radius 2 is 2.29 bits per heavy atom. The molecular weight excluding hydrogens is 292 g/mol. The second-order valence-corrected chi connectivity index (χ2v) is 7.99. The molecule has 8 heteroatoms. The number of aromatic nitrogens is 2. The van der Waals surface area contributed by atoms with Gasteiger partial charge in [0, 0.05) is 32.0 Å². The first-order valence-corrected chi connectivity index (χ1v) is 9.13. The number of likely N-dealkylation sites (tertiary alicyclic amines) is 1. The first kappa shape index (κ1) is 15.0. The summed E-state index contributed by atoms with van der Waals surface area (Å²) in [7, 11) is -3.27. The summed E-state index contributed by atoms with van der Waals surface area (Å²) in [4.78, 5) is 9.36. The predicted octanol–water partition coefficient (Wildman–Crippen LogP) is -0.229. The van der Waals surface area contributed by atoms with Crippen LogP contribution in [0.3, 0.4) is 0 Å². The van der Waals surface area contributed by atoms with Crippen LogP contribution in [0.2, 0.25) is 0 Å². The van der Waals surface area contributed by atoms with Gasteiger partial charge < -0.3 is 10.1 Å². The fraction of sp³-hybridized carbons (Fsp3) is 0.769. The van der Waals surface area contributed by atoms with Crippen LogP contribution in [-0.4, -0.2) is 70.2 Å². The lowest BCUT2D eigenvalue weighted by molar-refractivity contribution is -0.0385. The highest BCUT2D eigenvalue weighted by molar-refractivity contribution is 7.88. The maximum Gasteiger partial charge on any atom is 0.211 e. The molecular formula is C13H22N4O3S. The molecule has 3 rings (SSSR count). The van der Waals surface area contributed by atoms with E-state index in [-0.39, 0.29) is 0 Å². The zero-order valence-electron chi connectivity index (χ0n) is 12.2. The number of piperidine rings is 1. The molecule has 3 heterocycles. The van der Waals surface area contributed by atoms with Crippen molar-refractivity contribution in [3.05, 3.63) is 18.2 Å². The third kappa shape index (κ3) is 2.73. The van der Waals surface area contributed by atoms with Crippen molar-refractivity contribution in [1.82, 2.24) is 19.2 Å². The maximum absolute atomic E-state index is 12.0. The lowest BCUT2D eigenvalue weighted by Crippen LogP contribution is -2.62. The van der Waals surface area contributed by atoms with E-state index in [1.165, 1.54) is 10.6 Å². The first-order chi connectivity index (χ1) is 9.92. The van der Waals surface area contributed by atoms with Gasteiger partial charge in [0.25, 0.3) is 0 Å². The van der Waals surface area contributed by atoms with E-state index in [2.05, 4.69) is 14.9 Å². The van der Waals surface area contributed by atoms with Crippen LogP contribution in [0, 0.1) is 0 Å². The molecule has 118 valence electrons. The average molecular weight is 314 g/mol. The molecule has 2 aliphatic heterocycles. The van der Waals surface area contributed by atoms with Crippen LogP contribution in [0.4, 0.5) is 0 Å². The van der Waals surface area contributed by atoms with Gasteiger partial charge in [0.2, 0.25) is 10.0 Å². The zero-order chi connectivity index (χ0) is 15.1. The van der Waals surface area contributed by atoms with Gasteiger partial charge >= 0.3 is 0 Å². The molecule has 1 spiro atoms. The van der Waals surface area contributed by atoms with E-state index in [9.17, 15) is 13.5 Å². The topological polar surface area (TPSA) is 89.5 Å². The summed E-state index contributed by atoms with van der Waals surface area (Å²) in [5.74, 6) is 0.865. The molecule has 0 bridgehead atoms. The number of aromatic amines is 1. The highest BCUT2D eigenvalue weighted by atomic mass is 32.2. The number of aliphatic hydroxyl groups excluding tert-OH is 1. The minimum atomic E-state index is -3.27. The summed E-state index contributed by atoms with van der Waals surface area (Å²) >= 11 is 0. The molecule has 0 aliphatic carbocycles. The van der Waals surface area contributed by atoms with Crippen molar-refractivity contribution in [2.75, 3.05) is 25.9 Å². The Bertz CT molecular complexity index is 589. The summed E-state index contributed by atoms with van der Waals surface area (Å²) in [6, 6.07) is 0. The lowest BCUT2D eigenvalue weighted by Gasteiger charge is -2.47. The van der Waals surface area contributed by atoms with E-state index in [0.29, 0.717) is 26.1 Å². The Morgan fingerprint density at radius 3 is 2.90 bits per heavy atom. The van der Waals surface area contributed by atoms with Crippen molar-refractivity contribution < 1.29 is 13.5 Å². The van der Waals surface area contributed by atoms with Crippen LogP contribution < -0.4 is 0 Å². The second-order valence-electron chi connectivity index (χ2n) is 6.08. The van der Waals surface area contributed by atoms with Gasteiger partial charge in [-0.05, 0) is 19.3 Å². The van der Waals surface area contributed by atoms with E-state index < -0.39 is 21.7 Å². The van der Waals surface area contributed by atoms with E-state index in [4.69, 9.17) is 0 Å². The Hall–Kier alpha value is -0.960. The summed E-state index contributed by atoms with van der Waals surface area (Å²) in [6.07, 6.45) is 6.31. The normalized spacial score (nSPS) is 32.0. The van der Waals surface area contributed by atoms with Crippen LogP contribution in [0.15, 0.2) is 12.4 Å². The number of hydrogen-bond donors (Lipinski definition) is 2. The quantitative estimate of drug-likeness (QED) is 0.804. The lowest BCUT2D eigenvalue weighted by atomic mass is 9.83. The number of nitrogens with one attached hydrogen (secondary N) is 1. The molecule has 1 aromatic heterocycles. The van der Waals surface area contributed by atoms with Gasteiger partial charge in [-0.3, -0.25) is 4.90 Å². The number of H-pyrrole nitrogens is 1. The molecule has 2 saturated heterocycles. The SMILES string of the molecule is CS(=O)(=O)N1CCC[C@@]12CCN(Cc1ncc[nH]1)C[C@@H]2O. The smallest absolute Gasteiger partial charge is 0.211 e. The molecule has 0 radical (unpaired) electrons. The number of aliphatic hydroxyl groups is 1. The number of β-amino-alcohol motifs (C(OH)–C–C–N with tert-alkyl or cyclic N) is 1. The van der Waals surface area contributed by atoms with Crippen molar-refractivity contribution in [3.8, 4) is 0 Å². The van der Waals surface area contributed by atoms with Crippen molar-refractivity contribution in [2.24, 2.45) is 0 Å². The van der Waals surface area contributed by atoms with Crippen LogP contribution in [0.1, 0.15) is 25.1 Å². The molecule has 7 nitrogen and oxygen atoms in total. The van der Waals surface area contributed by atoms with Crippen LogP contribution in [0.25, 0.3) is 0 Å². The van der Waals surface area contributed by atoms with Crippen molar-refractivity contribution >= 4 is 10.0 Å². The Kier molecular flexibility index (Phi) is 3.81. The van der Waals surface area contributed by atoms with E-state index in [1.807, 2.05) is 0 Å². The Balaban J connectivity index is 1.73. The molecule has 21 heavy (non-hydrogen) atoms. The van der Waals surface area contributed by atoms with Gasteiger partial charge in [0.1, 0.15) is 5.82 Å². The molecule has 2 aliphatic rings. The zero-order valence-corrected chi connectivity index (χ0v) is 13.0. The summed E-state index contributed by atoms with van der Waals surface area (Å²) < 4.78 is 25.5. The first-order valence-electron chi connectivity index (χ1n) is 7.28. The highest BCUT2D eigenvalue weighted by Crippen LogP contribution is 2.40. The molecule has 0 saturated carbocycles. The average Bonchev–Trinajstić information content (AvgIpc) is 3.03. The minimum Gasteiger partial charge on any atom is -0.390 e. The molecule has 2 N–H and O–H groups in total. The standard InChI is InChI=1S/C13H22N4O3S/c1-21(19,20)17-7-2-3-13(17)4-8-16(9-11(13)18)10-12-14-5-6-15-12/h5-6,11,18H,2-4,7-10H2,1H3,(H,14,15)/t11-,13-/m0/s1. The van der Waals surface area contributed by atoms with Gasteiger partial charge in [-0.25, -0.2) is 13.4 Å². The van der Waals surface area contributed by atoms with Gasteiger partial charge in [-0.1, -0.05) is 0 Å². The van der Waals surface area contributed by atoms with E-state index >= 15 is 0 Å². The number of hydrogen-bond acceptors (Lipinski definition) is 5. The molecule has 2 fully saturated rings. The van der Waals surface area contributed by atoms with Gasteiger partial charge in [0.15, 0.2) is 0 Å². The molecule has 0 unspecified atom stereocenters. The third-order valence-corrected chi connectivity index (χ3v) is 6.06. The Labute approximate surface area is 125 Å². The minimum absolute atomic E-state index is 0.479. The van der Waals surface area contributed by atoms with Gasteiger partial charge in [-0.15, -0.1) is 0 Å². The third-order valence-electron chi connectivity index (χ3n) is 4.71. The van der Waals surface area contributed by atoms with Crippen LogP contribution in [0.5, 0.6) is 0 Å². The van der Waals surface area contributed by atoms with Crippen LogP contribution in [-0.2, 0) is 16.6 Å². The molecule has 2 atom stereocenters. The number of rotatable bonds is 3. The summed E-state index contributed by atoms with van der Waals surface area (Å²) in [5.41, 5.74) is -0.604. The second kappa shape index (κ2) is 5.35. The fourth-order valence-electron chi connectivity index (χ4n) is 3.72. The van der Waals surface area contributed by atoms with E-state index in [1.54, 1.807) is 12.4 Å². The van der Waals surface area contributed by atoms with Crippen molar-refractivity contribution in [1.29, 1.82) is 0 Å². The summed E-state index contributed by atoms with van der Waals surface area (Å²) in [6.45, 7) is 2.42. The highest BCUT2D eigenvalue weighted by Gasteiger charge is 2.52. The van der Waals surface area contributed by atoms with E-state index in [0.717, 1.165) is 25.2 Å². The predicted molar refractivity (Wildman–Crippen MR) is 78.0 cm³/mol. The Morgan fingerprint density at radius 1 is 1.48 bits per heavy atom. The molecule has 0 amide bonds. The molecule has 0 aromatic carbocycles. The van der Waals surface area contributed by atoms with Crippen molar-refractivity contribution in [3.63, 3.8) is 0 Å². The summed E-state index contributed by atoms with van der Waals surface area (Å²) in [5, 5.41) is 10.6.